The van der Waals surface area contributed by atoms with Crippen molar-refractivity contribution in [2.24, 2.45) is 0 Å². The summed E-state index contributed by atoms with van der Waals surface area (Å²) in [7, 11) is 0. The number of fused-ring (bicyclic) bond motifs is 1. The Labute approximate surface area is 135 Å². The van der Waals surface area contributed by atoms with Gasteiger partial charge in [-0.3, -0.25) is 4.79 Å². The van der Waals surface area contributed by atoms with Crippen molar-refractivity contribution in [1.29, 1.82) is 0 Å². The second-order valence-electron chi connectivity index (χ2n) is 4.76. The highest BCUT2D eigenvalue weighted by Gasteiger charge is 2.23. The summed E-state index contributed by atoms with van der Waals surface area (Å²) in [6.07, 6.45) is 0.770. The van der Waals surface area contributed by atoms with Crippen molar-refractivity contribution in [2.45, 2.75) is 13.0 Å². The first-order chi connectivity index (χ1) is 10.6. The summed E-state index contributed by atoms with van der Waals surface area (Å²) in [5.74, 6) is -0.786. The molecule has 3 rings (SSSR count). The lowest BCUT2D eigenvalue weighted by Gasteiger charge is -2.11. The number of hydrogen-bond donors (Lipinski definition) is 1. The van der Waals surface area contributed by atoms with E-state index >= 15 is 0 Å². The Kier molecular flexibility index (Phi) is 4.00. The van der Waals surface area contributed by atoms with Crippen molar-refractivity contribution in [2.75, 3.05) is 0 Å². The van der Waals surface area contributed by atoms with Gasteiger partial charge in [-0.25, -0.2) is 4.79 Å². The Bertz CT molecular complexity index is 852. The van der Waals surface area contributed by atoms with Crippen LogP contribution in [0.5, 0.6) is 0 Å². The van der Waals surface area contributed by atoms with E-state index in [0.717, 1.165) is 22.2 Å². The SMILES string of the molecule is C[C@@H](OC(=O)c1ccc(Cl)s1)C(=O)c1c[nH]c2ccccc12. The fraction of sp³-hybridized carbons (Fsp3) is 0.125. The van der Waals surface area contributed by atoms with Crippen LogP contribution in [-0.2, 0) is 4.74 Å². The predicted octanol–water partition coefficient (Wildman–Crippen LogP) is 4.31. The maximum atomic E-state index is 12.5. The van der Waals surface area contributed by atoms with Gasteiger partial charge >= 0.3 is 5.97 Å². The van der Waals surface area contributed by atoms with Crippen LogP contribution in [0.15, 0.2) is 42.6 Å². The van der Waals surface area contributed by atoms with Crippen LogP contribution in [-0.4, -0.2) is 22.8 Å². The molecule has 6 heteroatoms. The van der Waals surface area contributed by atoms with E-state index in [1.807, 2.05) is 24.3 Å². The zero-order valence-electron chi connectivity index (χ0n) is 11.6. The number of aromatic nitrogens is 1. The molecule has 0 fully saturated rings. The maximum Gasteiger partial charge on any atom is 0.349 e. The number of H-pyrrole nitrogens is 1. The van der Waals surface area contributed by atoms with Gasteiger partial charge < -0.3 is 9.72 Å². The molecule has 2 aromatic heterocycles. The van der Waals surface area contributed by atoms with E-state index in [4.69, 9.17) is 16.3 Å². The smallest absolute Gasteiger partial charge is 0.349 e. The lowest BCUT2D eigenvalue weighted by molar-refractivity contribution is 0.0324. The number of ketones is 1. The number of thiophene rings is 1. The number of benzene rings is 1. The number of halogens is 1. The van der Waals surface area contributed by atoms with Gasteiger partial charge in [-0.05, 0) is 25.1 Å². The van der Waals surface area contributed by atoms with Crippen LogP contribution >= 0.6 is 22.9 Å². The Morgan fingerprint density at radius 2 is 2.00 bits per heavy atom. The van der Waals surface area contributed by atoms with E-state index in [-0.39, 0.29) is 5.78 Å². The lowest BCUT2D eigenvalue weighted by Crippen LogP contribution is -2.23. The molecular weight excluding hydrogens is 322 g/mol. The van der Waals surface area contributed by atoms with E-state index in [9.17, 15) is 9.59 Å². The molecular formula is C16H12ClNO3S. The highest BCUT2D eigenvalue weighted by atomic mass is 35.5. The maximum absolute atomic E-state index is 12.5. The summed E-state index contributed by atoms with van der Waals surface area (Å²) in [6, 6.07) is 10.7. The van der Waals surface area contributed by atoms with Crippen LogP contribution in [0.4, 0.5) is 0 Å². The molecule has 1 atom stereocenters. The molecule has 0 unspecified atom stereocenters. The molecule has 0 aliphatic carbocycles. The zero-order chi connectivity index (χ0) is 15.7. The molecule has 0 bridgehead atoms. The second kappa shape index (κ2) is 5.94. The number of para-hydroxylation sites is 1. The van der Waals surface area contributed by atoms with Gasteiger partial charge in [0.15, 0.2) is 6.10 Å². The molecule has 1 N–H and O–H groups in total. The third-order valence-corrected chi connectivity index (χ3v) is 4.49. The topological polar surface area (TPSA) is 59.2 Å². The Morgan fingerprint density at radius 1 is 1.23 bits per heavy atom. The van der Waals surface area contributed by atoms with Crippen LogP contribution in [0, 0.1) is 0 Å². The van der Waals surface area contributed by atoms with Crippen LogP contribution < -0.4 is 0 Å². The van der Waals surface area contributed by atoms with Gasteiger partial charge in [0.25, 0.3) is 0 Å². The zero-order valence-corrected chi connectivity index (χ0v) is 13.2. The summed E-state index contributed by atoms with van der Waals surface area (Å²) in [5, 5.41) is 0.814. The van der Waals surface area contributed by atoms with Gasteiger partial charge in [-0.15, -0.1) is 11.3 Å². The minimum atomic E-state index is -0.868. The van der Waals surface area contributed by atoms with Gasteiger partial charge in [0.05, 0.1) is 4.34 Å². The molecule has 1 aromatic carbocycles. The number of carbonyl (C=O) groups is 2. The third-order valence-electron chi connectivity index (χ3n) is 3.28. The molecule has 0 aliphatic rings. The van der Waals surface area contributed by atoms with Crippen LogP contribution in [0.1, 0.15) is 27.0 Å². The Morgan fingerprint density at radius 3 is 2.73 bits per heavy atom. The number of aromatic amines is 1. The molecule has 0 saturated heterocycles. The summed E-state index contributed by atoms with van der Waals surface area (Å²) in [5.41, 5.74) is 1.38. The van der Waals surface area contributed by atoms with Crippen molar-refractivity contribution < 1.29 is 14.3 Å². The average Bonchev–Trinajstić information content (AvgIpc) is 3.12. The number of rotatable bonds is 4. The van der Waals surface area contributed by atoms with Crippen LogP contribution in [0.3, 0.4) is 0 Å². The molecule has 0 aliphatic heterocycles. The largest absolute Gasteiger partial charge is 0.450 e. The van der Waals surface area contributed by atoms with E-state index in [1.165, 1.54) is 0 Å². The molecule has 0 spiro atoms. The third kappa shape index (κ3) is 2.77. The Balaban J connectivity index is 1.78. The molecule has 3 aromatic rings. The first-order valence-electron chi connectivity index (χ1n) is 6.63. The van der Waals surface area contributed by atoms with E-state index in [2.05, 4.69) is 4.98 Å². The van der Waals surface area contributed by atoms with Crippen LogP contribution in [0.2, 0.25) is 4.34 Å². The second-order valence-corrected chi connectivity index (χ2v) is 6.48. The molecule has 22 heavy (non-hydrogen) atoms. The van der Waals surface area contributed by atoms with Gasteiger partial charge in [-0.1, -0.05) is 29.8 Å². The van der Waals surface area contributed by atoms with Crippen molar-refractivity contribution in [3.63, 3.8) is 0 Å². The predicted molar refractivity (Wildman–Crippen MR) is 86.8 cm³/mol. The van der Waals surface area contributed by atoms with Crippen molar-refractivity contribution in [3.8, 4) is 0 Å². The van der Waals surface area contributed by atoms with Crippen molar-refractivity contribution >= 4 is 45.6 Å². The highest BCUT2D eigenvalue weighted by molar-refractivity contribution is 7.17. The quantitative estimate of drug-likeness (QED) is 0.571. The standard InChI is InChI=1S/C16H12ClNO3S/c1-9(21-16(20)13-6-7-14(17)22-13)15(19)11-8-18-12-5-3-2-4-10(11)12/h2-9,18H,1H3/t9-/m1/s1. The number of esters is 1. The fourth-order valence-corrected chi connectivity index (χ4v) is 3.12. The molecule has 4 nitrogen and oxygen atoms in total. The van der Waals surface area contributed by atoms with E-state index in [1.54, 1.807) is 25.3 Å². The monoisotopic (exact) mass is 333 g/mol. The number of carbonyl (C=O) groups excluding carboxylic acids is 2. The van der Waals surface area contributed by atoms with Crippen LogP contribution in [0.25, 0.3) is 10.9 Å². The number of hydrogen-bond acceptors (Lipinski definition) is 4. The number of nitrogens with one attached hydrogen (secondary N) is 1. The number of ether oxygens (including phenoxy) is 1. The minimum absolute atomic E-state index is 0.242. The summed E-state index contributed by atoms with van der Waals surface area (Å²) >= 11 is 6.91. The van der Waals surface area contributed by atoms with Gasteiger partial charge in [0.1, 0.15) is 4.88 Å². The van der Waals surface area contributed by atoms with Gasteiger partial charge in [0, 0.05) is 22.7 Å². The molecule has 112 valence electrons. The van der Waals surface area contributed by atoms with E-state index in [0.29, 0.717) is 14.8 Å². The molecule has 0 radical (unpaired) electrons. The summed E-state index contributed by atoms with van der Waals surface area (Å²) in [6.45, 7) is 1.57. The highest BCUT2D eigenvalue weighted by Crippen LogP contribution is 2.24. The van der Waals surface area contributed by atoms with Gasteiger partial charge in [0.2, 0.25) is 5.78 Å². The molecule has 0 saturated carbocycles. The average molecular weight is 334 g/mol. The fourth-order valence-electron chi connectivity index (χ4n) is 2.19. The number of Topliss-reactive ketones (excluding diaryl/α,β-unsaturated/α-hetero) is 1. The summed E-state index contributed by atoms with van der Waals surface area (Å²) in [4.78, 5) is 27.9. The van der Waals surface area contributed by atoms with Crippen molar-refractivity contribution in [1.82, 2.24) is 4.98 Å². The van der Waals surface area contributed by atoms with Crippen molar-refractivity contribution in [3.05, 3.63) is 57.4 Å². The normalized spacial score (nSPS) is 12.3. The Hall–Kier alpha value is -2.11. The molecule has 0 amide bonds. The van der Waals surface area contributed by atoms with E-state index < -0.39 is 12.1 Å². The minimum Gasteiger partial charge on any atom is -0.450 e. The summed E-state index contributed by atoms with van der Waals surface area (Å²) < 4.78 is 5.74. The molecule has 2 heterocycles. The van der Waals surface area contributed by atoms with Gasteiger partial charge in [-0.2, -0.15) is 0 Å². The first-order valence-corrected chi connectivity index (χ1v) is 7.82. The first kappa shape index (κ1) is 14.8. The lowest BCUT2D eigenvalue weighted by atomic mass is 10.1.